The van der Waals surface area contributed by atoms with E-state index in [9.17, 15) is 9.18 Å². The first kappa shape index (κ1) is 20.6. The van der Waals surface area contributed by atoms with Crippen LogP contribution in [0.15, 0.2) is 18.2 Å². The van der Waals surface area contributed by atoms with Crippen LogP contribution in [-0.4, -0.2) is 42.7 Å². The molecule has 0 radical (unpaired) electrons. The molecule has 2 N–H and O–H groups in total. The van der Waals surface area contributed by atoms with Crippen LogP contribution in [0.5, 0.6) is 5.75 Å². The Kier molecular flexibility index (Phi) is 8.25. The number of hydrogen-bond acceptors (Lipinski definition) is 4. The highest BCUT2D eigenvalue weighted by atomic mass is 32.1. The number of nitrogens with zero attached hydrogens (tertiary/aromatic N) is 1. The first-order chi connectivity index (χ1) is 12.5. The fourth-order valence-corrected chi connectivity index (χ4v) is 3.20. The van der Waals surface area contributed by atoms with Gasteiger partial charge in [-0.05, 0) is 57.2 Å². The number of benzene rings is 1. The summed E-state index contributed by atoms with van der Waals surface area (Å²) in [5.74, 6) is -0.379. The van der Waals surface area contributed by atoms with Gasteiger partial charge in [0.15, 0.2) is 16.7 Å². The maximum atomic E-state index is 14.1. The van der Waals surface area contributed by atoms with Crippen LogP contribution in [0, 0.1) is 11.7 Å². The van der Waals surface area contributed by atoms with Crippen molar-refractivity contribution in [1.82, 2.24) is 10.2 Å². The fraction of sp³-hybridized carbons (Fsp3) is 0.579. The molecule has 0 saturated carbocycles. The Morgan fingerprint density at radius 3 is 2.92 bits per heavy atom. The molecule has 1 heterocycles. The molecule has 1 aliphatic rings. The van der Waals surface area contributed by atoms with Crippen LogP contribution in [0.25, 0.3) is 0 Å². The van der Waals surface area contributed by atoms with Gasteiger partial charge in [0, 0.05) is 18.3 Å². The lowest BCUT2D eigenvalue weighted by molar-refractivity contribution is -0.125. The summed E-state index contributed by atoms with van der Waals surface area (Å²) >= 11 is 5.18. The Hall–Kier alpha value is -1.73. The normalized spacial score (nSPS) is 17.6. The molecule has 0 spiro atoms. The van der Waals surface area contributed by atoms with Gasteiger partial charge in [-0.25, -0.2) is 4.39 Å². The number of halogens is 1. The van der Waals surface area contributed by atoms with Gasteiger partial charge in [-0.1, -0.05) is 19.8 Å². The molecule has 1 atom stereocenters. The second-order valence-electron chi connectivity index (χ2n) is 6.75. The highest BCUT2D eigenvalue weighted by Crippen LogP contribution is 2.21. The Labute approximate surface area is 160 Å². The molecule has 0 aliphatic carbocycles. The minimum absolute atomic E-state index is 0.0656. The van der Waals surface area contributed by atoms with E-state index in [-0.39, 0.29) is 22.7 Å². The number of amides is 1. The summed E-state index contributed by atoms with van der Waals surface area (Å²) in [4.78, 5) is 14.4. The van der Waals surface area contributed by atoms with Gasteiger partial charge in [0.05, 0.1) is 12.5 Å². The van der Waals surface area contributed by atoms with Crippen LogP contribution in [-0.2, 0) is 4.79 Å². The van der Waals surface area contributed by atoms with Gasteiger partial charge < -0.3 is 20.3 Å². The number of carbonyl (C=O) groups is 1. The number of rotatable bonds is 7. The Balaban J connectivity index is 1.82. The van der Waals surface area contributed by atoms with E-state index < -0.39 is 5.82 Å². The number of hydrogen-bond donors (Lipinski definition) is 2. The number of anilines is 1. The van der Waals surface area contributed by atoms with Crippen molar-refractivity contribution in [2.24, 2.45) is 5.92 Å². The van der Waals surface area contributed by atoms with Crippen LogP contribution >= 0.6 is 12.2 Å². The predicted octanol–water partition coefficient (Wildman–Crippen LogP) is 3.55. The zero-order valence-electron chi connectivity index (χ0n) is 15.5. The third-order valence-corrected chi connectivity index (χ3v) is 4.63. The van der Waals surface area contributed by atoms with Crippen molar-refractivity contribution in [2.45, 2.75) is 39.0 Å². The van der Waals surface area contributed by atoms with Crippen molar-refractivity contribution in [3.8, 4) is 5.75 Å². The van der Waals surface area contributed by atoms with Gasteiger partial charge in [-0.2, -0.15) is 0 Å². The lowest BCUT2D eigenvalue weighted by Gasteiger charge is -2.28. The molecule has 1 aromatic rings. The Bertz CT molecular complexity index is 627. The van der Waals surface area contributed by atoms with E-state index in [2.05, 4.69) is 22.5 Å². The zero-order valence-corrected chi connectivity index (χ0v) is 16.3. The lowest BCUT2D eigenvalue weighted by Crippen LogP contribution is -2.44. The van der Waals surface area contributed by atoms with Crippen molar-refractivity contribution < 1.29 is 13.9 Å². The van der Waals surface area contributed by atoms with Gasteiger partial charge in [-0.15, -0.1) is 0 Å². The van der Waals surface area contributed by atoms with Crippen molar-refractivity contribution >= 4 is 28.9 Å². The average Bonchev–Trinajstić information content (AvgIpc) is 2.60. The van der Waals surface area contributed by atoms with E-state index in [1.807, 2.05) is 7.05 Å². The van der Waals surface area contributed by atoms with E-state index in [1.165, 1.54) is 6.07 Å². The largest absolute Gasteiger partial charge is 0.491 e. The number of ether oxygens (including phenoxy) is 1. The SMILES string of the molecule is CCCCCOc1ccc(NC(=S)NC(=O)C2CCCN(C)C2)cc1F. The summed E-state index contributed by atoms with van der Waals surface area (Å²) in [6.45, 7) is 4.35. The fourth-order valence-electron chi connectivity index (χ4n) is 2.99. The molecule has 2 rings (SSSR count). The molecule has 26 heavy (non-hydrogen) atoms. The summed E-state index contributed by atoms with van der Waals surface area (Å²) in [7, 11) is 2.00. The molecule has 144 valence electrons. The first-order valence-electron chi connectivity index (χ1n) is 9.22. The molecule has 1 aliphatic heterocycles. The summed E-state index contributed by atoms with van der Waals surface area (Å²) in [6.07, 6.45) is 4.92. The molecule has 1 saturated heterocycles. The Morgan fingerprint density at radius 2 is 2.23 bits per heavy atom. The maximum Gasteiger partial charge on any atom is 0.230 e. The second kappa shape index (κ2) is 10.4. The van der Waals surface area contributed by atoms with Crippen molar-refractivity contribution in [3.05, 3.63) is 24.0 Å². The molecule has 7 heteroatoms. The topological polar surface area (TPSA) is 53.6 Å². The summed E-state index contributed by atoms with van der Waals surface area (Å²) in [6, 6.07) is 4.58. The summed E-state index contributed by atoms with van der Waals surface area (Å²) in [5, 5.41) is 5.74. The molecular formula is C19H28FN3O2S. The number of thiocarbonyl (C=S) groups is 1. The van der Waals surface area contributed by atoms with Gasteiger partial charge in [-0.3, -0.25) is 4.79 Å². The summed E-state index contributed by atoms with van der Waals surface area (Å²) < 4.78 is 19.5. The maximum absolute atomic E-state index is 14.1. The molecule has 1 unspecified atom stereocenters. The van der Waals surface area contributed by atoms with Gasteiger partial charge in [0.2, 0.25) is 5.91 Å². The minimum Gasteiger partial charge on any atom is -0.491 e. The quantitative estimate of drug-likeness (QED) is 0.559. The van der Waals surface area contributed by atoms with Gasteiger partial charge >= 0.3 is 0 Å². The van der Waals surface area contributed by atoms with Crippen molar-refractivity contribution in [3.63, 3.8) is 0 Å². The molecule has 0 bridgehead atoms. The third-order valence-electron chi connectivity index (χ3n) is 4.43. The minimum atomic E-state index is -0.450. The van der Waals surface area contributed by atoms with E-state index in [4.69, 9.17) is 17.0 Å². The average molecular weight is 382 g/mol. The van der Waals surface area contributed by atoms with E-state index in [0.29, 0.717) is 12.3 Å². The monoisotopic (exact) mass is 381 g/mol. The zero-order chi connectivity index (χ0) is 18.9. The number of piperidine rings is 1. The van der Waals surface area contributed by atoms with Crippen molar-refractivity contribution in [1.29, 1.82) is 0 Å². The highest BCUT2D eigenvalue weighted by Gasteiger charge is 2.24. The van der Waals surface area contributed by atoms with Crippen LogP contribution in [0.1, 0.15) is 39.0 Å². The standard InChI is InChI=1S/C19H28FN3O2S/c1-3-4-5-11-25-17-9-8-15(12-16(17)20)21-19(26)22-18(24)14-7-6-10-23(2)13-14/h8-9,12,14H,3-7,10-11,13H2,1-2H3,(H2,21,22,24,26). The first-order valence-corrected chi connectivity index (χ1v) is 9.63. The van der Waals surface area contributed by atoms with Gasteiger partial charge in [0.25, 0.3) is 0 Å². The van der Waals surface area contributed by atoms with Crippen LogP contribution in [0.3, 0.4) is 0 Å². The predicted molar refractivity (Wildman–Crippen MR) is 106 cm³/mol. The Morgan fingerprint density at radius 1 is 1.42 bits per heavy atom. The molecule has 1 amide bonds. The smallest absolute Gasteiger partial charge is 0.230 e. The van der Waals surface area contributed by atoms with Crippen molar-refractivity contribution in [2.75, 3.05) is 32.1 Å². The molecule has 1 aromatic carbocycles. The van der Waals surface area contributed by atoms with Crippen LogP contribution in [0.2, 0.25) is 0 Å². The van der Waals surface area contributed by atoms with Gasteiger partial charge in [0.1, 0.15) is 0 Å². The number of carbonyl (C=O) groups excluding carboxylic acids is 1. The van der Waals surface area contributed by atoms with Crippen LogP contribution < -0.4 is 15.4 Å². The lowest BCUT2D eigenvalue weighted by atomic mass is 9.98. The molecule has 5 nitrogen and oxygen atoms in total. The number of likely N-dealkylation sites (tertiary alicyclic amines) is 1. The van der Waals surface area contributed by atoms with E-state index in [1.54, 1.807) is 12.1 Å². The molecule has 0 aromatic heterocycles. The van der Waals surface area contributed by atoms with E-state index in [0.717, 1.165) is 45.2 Å². The number of nitrogens with one attached hydrogen (secondary N) is 2. The highest BCUT2D eigenvalue weighted by molar-refractivity contribution is 7.80. The third kappa shape index (κ3) is 6.53. The summed E-state index contributed by atoms with van der Waals surface area (Å²) in [5.41, 5.74) is 0.481. The number of unbranched alkanes of at least 4 members (excludes halogenated alkanes) is 2. The molecule has 1 fully saturated rings. The van der Waals surface area contributed by atoms with E-state index >= 15 is 0 Å². The second-order valence-corrected chi connectivity index (χ2v) is 7.15. The van der Waals surface area contributed by atoms with Crippen LogP contribution in [0.4, 0.5) is 10.1 Å². The molecular weight excluding hydrogens is 353 g/mol.